The van der Waals surface area contributed by atoms with Crippen molar-refractivity contribution >= 4 is 0 Å². The van der Waals surface area contributed by atoms with E-state index in [-0.39, 0.29) is 0 Å². The van der Waals surface area contributed by atoms with Crippen molar-refractivity contribution in [2.45, 2.75) is 32.2 Å². The topological polar surface area (TPSA) is 32.5 Å². The van der Waals surface area contributed by atoms with Gasteiger partial charge in [-0.3, -0.25) is 0 Å². The SMILES string of the molecule is CCN(CCN)CC1CCCCN1C. The molecule has 3 heteroatoms. The summed E-state index contributed by atoms with van der Waals surface area (Å²) in [5, 5.41) is 0. The molecule has 0 aliphatic carbocycles. The maximum Gasteiger partial charge on any atom is 0.0220 e. The lowest BCUT2D eigenvalue weighted by Crippen LogP contribution is -2.45. The number of likely N-dealkylation sites (tertiary alicyclic amines) is 1. The third-order valence-electron chi connectivity index (χ3n) is 3.28. The van der Waals surface area contributed by atoms with E-state index < -0.39 is 0 Å². The molecule has 84 valence electrons. The minimum absolute atomic E-state index is 0.759. The van der Waals surface area contributed by atoms with E-state index in [1.807, 2.05) is 0 Å². The van der Waals surface area contributed by atoms with Crippen molar-refractivity contribution in [1.29, 1.82) is 0 Å². The first-order valence-electron chi connectivity index (χ1n) is 5.90. The molecule has 14 heavy (non-hydrogen) atoms. The van der Waals surface area contributed by atoms with Gasteiger partial charge in [0.1, 0.15) is 0 Å². The molecule has 0 bridgehead atoms. The van der Waals surface area contributed by atoms with Crippen molar-refractivity contribution in [2.24, 2.45) is 5.73 Å². The van der Waals surface area contributed by atoms with E-state index in [1.165, 1.54) is 32.4 Å². The third-order valence-corrected chi connectivity index (χ3v) is 3.28. The Morgan fingerprint density at radius 2 is 2.21 bits per heavy atom. The zero-order valence-corrected chi connectivity index (χ0v) is 9.71. The Hall–Kier alpha value is -0.120. The lowest BCUT2D eigenvalue weighted by Gasteiger charge is -2.36. The molecule has 1 aliphatic rings. The van der Waals surface area contributed by atoms with Gasteiger partial charge < -0.3 is 15.5 Å². The summed E-state index contributed by atoms with van der Waals surface area (Å²) >= 11 is 0. The molecule has 0 aromatic carbocycles. The van der Waals surface area contributed by atoms with E-state index in [1.54, 1.807) is 0 Å². The van der Waals surface area contributed by atoms with Crippen LogP contribution >= 0.6 is 0 Å². The number of piperidine rings is 1. The summed E-state index contributed by atoms with van der Waals surface area (Å²) in [6.07, 6.45) is 4.13. The van der Waals surface area contributed by atoms with Crippen molar-refractivity contribution in [2.75, 3.05) is 39.8 Å². The third kappa shape index (κ3) is 3.56. The molecule has 0 aromatic rings. The van der Waals surface area contributed by atoms with E-state index in [0.717, 1.165) is 25.7 Å². The molecule has 0 amide bonds. The molecule has 1 heterocycles. The largest absolute Gasteiger partial charge is 0.329 e. The molecule has 0 aromatic heterocycles. The summed E-state index contributed by atoms with van der Waals surface area (Å²) in [6.45, 7) is 7.64. The van der Waals surface area contributed by atoms with Crippen LogP contribution in [0, 0.1) is 0 Å². The zero-order chi connectivity index (χ0) is 10.4. The Balaban J connectivity index is 2.31. The first-order valence-corrected chi connectivity index (χ1v) is 5.90. The number of hydrogen-bond acceptors (Lipinski definition) is 3. The second-order valence-corrected chi connectivity index (χ2v) is 4.31. The van der Waals surface area contributed by atoms with Gasteiger partial charge in [0.05, 0.1) is 0 Å². The second kappa shape index (κ2) is 6.38. The average molecular weight is 199 g/mol. The first kappa shape index (κ1) is 12.0. The maximum absolute atomic E-state index is 5.59. The Morgan fingerprint density at radius 3 is 2.79 bits per heavy atom. The minimum atomic E-state index is 0.759. The molecular weight excluding hydrogens is 174 g/mol. The fourth-order valence-electron chi connectivity index (χ4n) is 2.23. The van der Waals surface area contributed by atoms with Crippen LogP contribution in [0.15, 0.2) is 0 Å². The monoisotopic (exact) mass is 199 g/mol. The van der Waals surface area contributed by atoms with Crippen molar-refractivity contribution < 1.29 is 0 Å². The maximum atomic E-state index is 5.59. The summed E-state index contributed by atoms with van der Waals surface area (Å²) in [5.41, 5.74) is 5.59. The molecule has 0 radical (unpaired) electrons. The van der Waals surface area contributed by atoms with Gasteiger partial charge in [0.2, 0.25) is 0 Å². The molecule has 1 aliphatic heterocycles. The Bertz CT molecular complexity index is 149. The molecule has 1 atom stereocenters. The van der Waals surface area contributed by atoms with Crippen LogP contribution in [0.3, 0.4) is 0 Å². The smallest absolute Gasteiger partial charge is 0.0220 e. The van der Waals surface area contributed by atoms with Gasteiger partial charge in [0, 0.05) is 25.7 Å². The van der Waals surface area contributed by atoms with Crippen LogP contribution in [0.4, 0.5) is 0 Å². The number of likely N-dealkylation sites (N-methyl/N-ethyl adjacent to an activating group) is 2. The number of nitrogens with zero attached hydrogens (tertiary/aromatic N) is 2. The summed E-state index contributed by atoms with van der Waals surface area (Å²) in [7, 11) is 2.25. The molecular formula is C11H25N3. The Labute approximate surface area is 88.2 Å². The zero-order valence-electron chi connectivity index (χ0n) is 9.71. The Kier molecular flexibility index (Phi) is 5.45. The van der Waals surface area contributed by atoms with E-state index in [4.69, 9.17) is 5.73 Å². The molecule has 1 rings (SSSR count). The summed E-state index contributed by atoms with van der Waals surface area (Å²) in [5.74, 6) is 0. The molecule has 1 unspecified atom stereocenters. The van der Waals surface area contributed by atoms with E-state index in [0.29, 0.717) is 0 Å². The standard InChI is InChI=1S/C11H25N3/c1-3-14(9-7-12)10-11-6-4-5-8-13(11)2/h11H,3-10,12H2,1-2H3. The highest BCUT2D eigenvalue weighted by Gasteiger charge is 2.20. The summed E-state index contributed by atoms with van der Waals surface area (Å²) < 4.78 is 0. The van der Waals surface area contributed by atoms with Crippen LogP contribution in [0.2, 0.25) is 0 Å². The normalized spacial score (nSPS) is 24.4. The molecule has 0 saturated carbocycles. The highest BCUT2D eigenvalue weighted by Crippen LogP contribution is 2.15. The van der Waals surface area contributed by atoms with Crippen molar-refractivity contribution in [3.8, 4) is 0 Å². The summed E-state index contributed by atoms with van der Waals surface area (Å²) in [6, 6.07) is 0.759. The summed E-state index contributed by atoms with van der Waals surface area (Å²) in [4.78, 5) is 4.97. The lowest BCUT2D eigenvalue weighted by atomic mass is 10.0. The predicted molar refractivity (Wildman–Crippen MR) is 61.4 cm³/mol. The Morgan fingerprint density at radius 1 is 1.43 bits per heavy atom. The average Bonchev–Trinajstić information content (AvgIpc) is 2.20. The molecule has 2 N–H and O–H groups in total. The van der Waals surface area contributed by atoms with E-state index in [2.05, 4.69) is 23.8 Å². The first-order chi connectivity index (χ1) is 6.77. The van der Waals surface area contributed by atoms with Gasteiger partial charge in [-0.1, -0.05) is 13.3 Å². The predicted octanol–water partition coefficient (Wildman–Crippen LogP) is 0.751. The highest BCUT2D eigenvalue weighted by molar-refractivity contribution is 4.77. The molecule has 3 nitrogen and oxygen atoms in total. The van der Waals surface area contributed by atoms with Crippen LogP contribution in [0.5, 0.6) is 0 Å². The lowest BCUT2D eigenvalue weighted by molar-refractivity contribution is 0.133. The van der Waals surface area contributed by atoms with Crippen LogP contribution in [-0.4, -0.2) is 55.6 Å². The van der Waals surface area contributed by atoms with Gasteiger partial charge in [0.25, 0.3) is 0 Å². The number of hydrogen-bond donors (Lipinski definition) is 1. The molecule has 1 fully saturated rings. The van der Waals surface area contributed by atoms with E-state index >= 15 is 0 Å². The van der Waals surface area contributed by atoms with Gasteiger partial charge in [-0.2, -0.15) is 0 Å². The fourth-order valence-corrected chi connectivity index (χ4v) is 2.23. The number of nitrogens with two attached hydrogens (primary N) is 1. The fraction of sp³-hybridized carbons (Fsp3) is 1.00. The molecule has 1 saturated heterocycles. The number of rotatable bonds is 5. The highest BCUT2D eigenvalue weighted by atomic mass is 15.2. The molecule has 0 spiro atoms. The van der Waals surface area contributed by atoms with Gasteiger partial charge in [-0.25, -0.2) is 0 Å². The van der Waals surface area contributed by atoms with Gasteiger partial charge in [-0.05, 0) is 33.0 Å². The van der Waals surface area contributed by atoms with Crippen LogP contribution < -0.4 is 5.73 Å². The van der Waals surface area contributed by atoms with Gasteiger partial charge in [0.15, 0.2) is 0 Å². The van der Waals surface area contributed by atoms with Crippen LogP contribution in [-0.2, 0) is 0 Å². The van der Waals surface area contributed by atoms with Crippen molar-refractivity contribution in [3.63, 3.8) is 0 Å². The quantitative estimate of drug-likeness (QED) is 0.709. The van der Waals surface area contributed by atoms with Crippen LogP contribution in [0.1, 0.15) is 26.2 Å². The van der Waals surface area contributed by atoms with Gasteiger partial charge >= 0.3 is 0 Å². The van der Waals surface area contributed by atoms with Crippen LogP contribution in [0.25, 0.3) is 0 Å². The minimum Gasteiger partial charge on any atom is -0.329 e. The van der Waals surface area contributed by atoms with Crippen molar-refractivity contribution in [3.05, 3.63) is 0 Å². The second-order valence-electron chi connectivity index (χ2n) is 4.31. The van der Waals surface area contributed by atoms with E-state index in [9.17, 15) is 0 Å². The van der Waals surface area contributed by atoms with Gasteiger partial charge in [-0.15, -0.1) is 0 Å². The van der Waals surface area contributed by atoms with Crippen molar-refractivity contribution in [1.82, 2.24) is 9.80 Å².